The van der Waals surface area contributed by atoms with E-state index in [9.17, 15) is 39.9 Å². The Morgan fingerprint density at radius 2 is 0.836 bits per heavy atom. The molecule has 11 heterocycles. The zero-order chi connectivity index (χ0) is 87.3. The van der Waals surface area contributed by atoms with Crippen molar-refractivity contribution in [3.05, 3.63) is 135 Å². The lowest BCUT2D eigenvalue weighted by Gasteiger charge is -2.49. The number of benzene rings is 3. The van der Waals surface area contributed by atoms with E-state index >= 15 is 0 Å². The van der Waals surface area contributed by atoms with Crippen LogP contribution in [-0.4, -0.2) is 273 Å². The minimum atomic E-state index is -1.25. The number of halogens is 6. The molecule has 0 unspecified atom stereocenters. The molecule has 9 aromatic rings. The number of carbonyl (C=O) groups excluding carboxylic acids is 3. The quantitative estimate of drug-likeness (QED) is 0.0181. The van der Waals surface area contributed by atoms with Crippen LogP contribution >= 0.6 is 69.6 Å². The maximum Gasteiger partial charge on any atom is 0.243 e. The molecule has 3 aromatic carbocycles. The Morgan fingerprint density at radius 1 is 0.484 bits per heavy atom. The summed E-state index contributed by atoms with van der Waals surface area (Å²) in [4.78, 5) is 79.8. The number of ether oxygens (including phenoxy) is 10. The number of carbonyl (C=O) groups is 3. The molecule has 0 saturated carbocycles. The number of aliphatic hydroxyl groups is 5. The molecule has 5 aliphatic heterocycles. The number of rotatable bonds is 31. The summed E-state index contributed by atoms with van der Waals surface area (Å²) < 4.78 is 54.8. The monoisotopic (exact) mass is 1800 g/mol. The number of pyridine rings is 3. The number of aromatic nitrogens is 9. The van der Waals surface area contributed by atoms with Crippen molar-refractivity contribution in [1.82, 2.24) is 60.8 Å². The largest absolute Gasteiger partial charge is 0.495 e. The summed E-state index contributed by atoms with van der Waals surface area (Å²) in [5, 5.41) is 74.2. The number of methoxy groups -OCH3 is 6. The summed E-state index contributed by atoms with van der Waals surface area (Å²) >= 11 is 40.2. The summed E-state index contributed by atoms with van der Waals surface area (Å²) in [6.07, 6.45) is 11.2. The first-order chi connectivity index (χ1) is 58.9. The minimum absolute atomic E-state index is 0.0517. The van der Waals surface area contributed by atoms with Gasteiger partial charge in [0.1, 0.15) is 51.0 Å². The Bertz CT molecular complexity index is 5350. The van der Waals surface area contributed by atoms with Gasteiger partial charge in [0.15, 0.2) is 11.6 Å². The summed E-state index contributed by atoms with van der Waals surface area (Å²) in [5.41, 5.74) is 3.84. The maximum absolute atomic E-state index is 11.9. The Balaban J connectivity index is 0.000000167. The van der Waals surface area contributed by atoms with Crippen LogP contribution in [0.2, 0.25) is 30.1 Å². The van der Waals surface area contributed by atoms with Gasteiger partial charge in [-0.15, -0.1) is 0 Å². The van der Waals surface area contributed by atoms with Gasteiger partial charge in [-0.1, -0.05) is 95.4 Å². The third-order valence-corrected chi connectivity index (χ3v) is 23.1. The van der Waals surface area contributed by atoms with E-state index in [-0.39, 0.29) is 106 Å². The Kier molecular flexibility index (Phi) is 30.4. The number of amides is 3. The second-order valence-corrected chi connectivity index (χ2v) is 30.9. The molecule has 14 rings (SSSR count). The Morgan fingerprint density at radius 3 is 1.20 bits per heavy atom. The molecular weight excluding hydrogens is 1710 g/mol. The molecule has 122 heavy (non-hydrogen) atoms. The molecule has 0 spiro atoms. The molecule has 4 saturated heterocycles. The van der Waals surface area contributed by atoms with Gasteiger partial charge >= 0.3 is 0 Å². The topological polar surface area (TPSA) is 448 Å². The van der Waals surface area contributed by atoms with E-state index in [4.69, 9.17) is 142 Å². The molecule has 0 radical (unpaired) electrons. The smallest absolute Gasteiger partial charge is 0.243 e. The van der Waals surface area contributed by atoms with Gasteiger partial charge in [0.2, 0.25) is 35.6 Å². The lowest BCUT2D eigenvalue weighted by Crippen LogP contribution is -2.60. The van der Waals surface area contributed by atoms with Gasteiger partial charge < -0.3 is 115 Å². The van der Waals surface area contributed by atoms with E-state index in [2.05, 4.69) is 76.9 Å². The second-order valence-electron chi connectivity index (χ2n) is 28.7. The molecule has 41 heteroatoms. The fourth-order valence-electron chi connectivity index (χ4n) is 13.8. The fourth-order valence-corrected chi connectivity index (χ4v) is 15.9. The zero-order valence-corrected chi connectivity index (χ0v) is 71.4. The molecule has 3 amide bonds. The first-order valence-electron chi connectivity index (χ1n) is 37.9. The van der Waals surface area contributed by atoms with Crippen molar-refractivity contribution >= 4 is 155 Å². The highest BCUT2D eigenvalue weighted by Gasteiger charge is 2.44. The van der Waals surface area contributed by atoms with Crippen molar-refractivity contribution < 1.29 is 87.3 Å². The number of nitrogens with one attached hydrogen (secondary N) is 7. The van der Waals surface area contributed by atoms with Crippen molar-refractivity contribution in [2.45, 2.75) is 42.7 Å². The average Bonchev–Trinajstić information content (AvgIpc) is 0.921. The third-order valence-electron chi connectivity index (χ3n) is 20.8. The van der Waals surface area contributed by atoms with Crippen molar-refractivity contribution in [1.29, 1.82) is 0 Å². The SMILES string of the molecule is C=CC(=O)N[C@H]1COC[C@H]1Nc1ncc2cc(-c3c(Cl)c(OC)cc(OC)c3Cl)nc(C3=CCOCC3)c2n1.C=CC(=O)N[C@H]1COC[C@H]1Nc1ncc2cc(-c3c(Cl)c(OC)cc(OC)c3Cl)nc(N3CC(CO)(CO)C3)c2n1.C=CC(=O)N[C@H]1COC[C@H]1Nc1ncc2cc(-c3c(Cl)c(OC)cc(OC)c3Cl)nc(NCC(CO)(CO)CO)c2n1. The lowest BCUT2D eigenvalue weighted by atomic mass is 9.81. The predicted molar refractivity (Wildman–Crippen MR) is 463 cm³/mol. The van der Waals surface area contributed by atoms with Gasteiger partial charge in [0.25, 0.3) is 0 Å². The number of fused-ring (bicyclic) bond motifs is 3. The van der Waals surface area contributed by atoms with Crippen molar-refractivity contribution in [2.75, 3.05) is 174 Å². The van der Waals surface area contributed by atoms with Gasteiger partial charge in [0, 0.05) is 89.3 Å². The number of nitrogens with zero attached hydrogens (tertiary/aromatic N) is 10. The second kappa shape index (κ2) is 40.8. The molecule has 35 nitrogen and oxygen atoms in total. The highest BCUT2D eigenvalue weighted by molar-refractivity contribution is 6.42. The van der Waals surface area contributed by atoms with Gasteiger partial charge in [-0.2, -0.15) is 0 Å². The van der Waals surface area contributed by atoms with E-state index in [1.54, 1.807) is 48.9 Å². The number of aliphatic hydroxyl groups excluding tert-OH is 5. The van der Waals surface area contributed by atoms with Crippen LogP contribution < -0.4 is 70.5 Å². The Labute approximate surface area is 729 Å². The maximum atomic E-state index is 11.9. The fraction of sp³-hybridized carbons (Fsp3) is 0.383. The summed E-state index contributed by atoms with van der Waals surface area (Å²) in [6, 6.07) is 8.41. The van der Waals surface area contributed by atoms with E-state index in [0.717, 1.165) is 11.0 Å². The van der Waals surface area contributed by atoms with Crippen LogP contribution in [0.4, 0.5) is 29.5 Å². The van der Waals surface area contributed by atoms with Gasteiger partial charge in [-0.3, -0.25) is 14.4 Å². The van der Waals surface area contributed by atoms with E-state index in [1.165, 1.54) is 60.9 Å². The molecule has 6 atom stereocenters. The van der Waals surface area contributed by atoms with Crippen LogP contribution in [0.5, 0.6) is 34.5 Å². The number of hydrogen-bond acceptors (Lipinski definition) is 32. The number of anilines is 5. The van der Waals surface area contributed by atoms with Crippen molar-refractivity contribution in [3.8, 4) is 68.3 Å². The average molecular weight is 1800 g/mol. The molecule has 0 aliphatic carbocycles. The molecule has 5 aliphatic rings. The van der Waals surface area contributed by atoms with Gasteiger partial charge in [-0.25, -0.2) is 44.9 Å². The predicted octanol–water partition coefficient (Wildman–Crippen LogP) is 8.46. The normalized spacial score (nSPS) is 18.4. The Hall–Kier alpha value is -10.3. The van der Waals surface area contributed by atoms with Crippen LogP contribution in [0, 0.1) is 10.8 Å². The standard InChI is InChI=1S/C27H32Cl2N6O7.C27H30Cl2N6O6.C27H27Cl2N5O5/c1-4-20(39)32-16-8-42-9-17(16)34-26-30-7-14-5-15(21-22(28)18(40-2)6-19(41-3)23(21)29)33-25(24(14)35-26)31-10-27(11-36,12-37)13-38;1-4-20(38)31-16-8-41-9-17(16)33-26-30-7-14-5-15(21-22(28)18(39-2)6-19(40-3)23(21)29)32-25(24(14)34-26)35-10-27(11-35,12-36)13-37;1-4-21(35)31-17-12-39-13-18(17)33-27-30-11-15-9-16(22-23(28)19(36-2)10-20(37-3)24(22)29)32-25(26(15)34-27)14-5-7-38-8-6-14/h4-7,16-17,36-38H,1,8-13H2,2-3H3,(H,31,33)(H,32,39)(H,30,34,35);4-7,16-17,36-37H,1,8-13H2,2-3H3,(H,31,38)(H,30,33,34);4-5,9-11,17-18H,1,6-8,12-13H2,2-3H3,(H,31,35)(H,30,33,34)/t2*16-,17+;17-,18+/m000/s1. The van der Waals surface area contributed by atoms with E-state index in [1.807, 2.05) is 17.0 Å². The van der Waals surface area contributed by atoms with Gasteiger partial charge in [-0.05, 0) is 48.4 Å². The highest BCUT2D eigenvalue weighted by Crippen LogP contribution is 2.51. The highest BCUT2D eigenvalue weighted by atomic mass is 35.5. The van der Waals surface area contributed by atoms with Crippen molar-refractivity contribution in [2.24, 2.45) is 10.8 Å². The van der Waals surface area contributed by atoms with Gasteiger partial charge in [0.05, 0.1) is 229 Å². The lowest BCUT2D eigenvalue weighted by molar-refractivity contribution is -0.118. The summed E-state index contributed by atoms with van der Waals surface area (Å²) in [7, 11) is 8.95. The van der Waals surface area contributed by atoms with Crippen LogP contribution in [0.1, 0.15) is 12.1 Å². The molecule has 4 fully saturated rings. The number of hydrogen-bond donors (Lipinski definition) is 12. The summed E-state index contributed by atoms with van der Waals surface area (Å²) in [6.45, 7) is 12.4. The molecule has 12 N–H and O–H groups in total. The first kappa shape index (κ1) is 90.9. The molecule has 648 valence electrons. The molecule has 6 aromatic heterocycles. The molecule has 0 bridgehead atoms. The van der Waals surface area contributed by atoms with Crippen LogP contribution in [0.25, 0.3) is 72.1 Å². The third kappa shape index (κ3) is 19.8. The van der Waals surface area contributed by atoms with E-state index < -0.39 is 30.7 Å². The van der Waals surface area contributed by atoms with Crippen LogP contribution in [0.3, 0.4) is 0 Å². The van der Waals surface area contributed by atoms with Crippen LogP contribution in [0.15, 0.2) is 99.0 Å². The van der Waals surface area contributed by atoms with E-state index in [0.29, 0.717) is 201 Å². The van der Waals surface area contributed by atoms with Crippen molar-refractivity contribution in [3.63, 3.8) is 0 Å². The molecular formula is C81H89Cl6N17O18. The first-order valence-corrected chi connectivity index (χ1v) is 40.1. The summed E-state index contributed by atoms with van der Waals surface area (Å²) in [5.74, 6) is 2.96. The van der Waals surface area contributed by atoms with Crippen LogP contribution in [-0.2, 0) is 33.3 Å². The zero-order valence-electron chi connectivity index (χ0n) is 66.9. The minimum Gasteiger partial charge on any atom is -0.495 e.